The Hall–Kier alpha value is -1.77. The van der Waals surface area contributed by atoms with Gasteiger partial charge in [-0.05, 0) is 52.5 Å². The Kier molecular flexibility index (Phi) is 6.27. The van der Waals surface area contributed by atoms with Gasteiger partial charge in [0.2, 0.25) is 5.91 Å². The summed E-state index contributed by atoms with van der Waals surface area (Å²) in [6.45, 7) is 13.6. The SMILES string of the molecule is CCN(CC(=O)NC(C)(C)C)c1nc(C[NH+]2CCOCC2)nc2sc3c(c12)CCC3. The van der Waals surface area contributed by atoms with E-state index in [1.807, 2.05) is 32.1 Å². The van der Waals surface area contributed by atoms with Gasteiger partial charge >= 0.3 is 0 Å². The van der Waals surface area contributed by atoms with Crippen molar-refractivity contribution >= 4 is 33.3 Å². The zero-order valence-corrected chi connectivity index (χ0v) is 19.5. The Morgan fingerprint density at radius 2 is 2.00 bits per heavy atom. The largest absolute Gasteiger partial charge is 0.370 e. The minimum atomic E-state index is -0.244. The number of ether oxygens (including phenoxy) is 1. The maximum Gasteiger partial charge on any atom is 0.239 e. The maximum atomic E-state index is 12.7. The molecule has 1 fully saturated rings. The minimum Gasteiger partial charge on any atom is -0.370 e. The lowest BCUT2D eigenvalue weighted by molar-refractivity contribution is -0.922. The van der Waals surface area contributed by atoms with Crippen LogP contribution in [0.2, 0.25) is 0 Å². The lowest BCUT2D eigenvalue weighted by Gasteiger charge is -2.27. The number of likely N-dealkylation sites (N-methyl/N-ethyl adjacent to an activating group) is 1. The normalized spacial score (nSPS) is 17.3. The van der Waals surface area contributed by atoms with Crippen LogP contribution in [0.1, 0.15) is 50.4 Å². The number of amides is 1. The number of carbonyl (C=O) groups excluding carboxylic acids is 1. The molecule has 0 spiro atoms. The van der Waals surface area contributed by atoms with Crippen LogP contribution in [-0.2, 0) is 28.9 Å². The zero-order chi connectivity index (χ0) is 21.3. The molecule has 1 amide bonds. The second kappa shape index (κ2) is 8.77. The summed E-state index contributed by atoms with van der Waals surface area (Å²) in [4.78, 5) is 28.8. The molecule has 2 aromatic rings. The number of aryl methyl sites for hydroxylation is 2. The van der Waals surface area contributed by atoms with E-state index in [9.17, 15) is 4.79 Å². The van der Waals surface area contributed by atoms with Crippen molar-refractivity contribution in [1.82, 2.24) is 15.3 Å². The summed E-state index contributed by atoms with van der Waals surface area (Å²) in [6.07, 6.45) is 3.43. The highest BCUT2D eigenvalue weighted by Gasteiger charge is 2.27. The summed E-state index contributed by atoms with van der Waals surface area (Å²) in [5, 5.41) is 4.27. The van der Waals surface area contributed by atoms with Crippen molar-refractivity contribution in [3.8, 4) is 0 Å². The summed E-state index contributed by atoms with van der Waals surface area (Å²) in [5.41, 5.74) is 1.16. The summed E-state index contributed by atoms with van der Waals surface area (Å²) >= 11 is 1.82. The molecule has 0 unspecified atom stereocenters. The summed E-state index contributed by atoms with van der Waals surface area (Å²) in [6, 6.07) is 0. The van der Waals surface area contributed by atoms with Gasteiger partial charge in [-0.15, -0.1) is 11.3 Å². The van der Waals surface area contributed by atoms with Crippen LogP contribution < -0.4 is 15.1 Å². The quantitative estimate of drug-likeness (QED) is 0.721. The van der Waals surface area contributed by atoms with Gasteiger partial charge in [-0.3, -0.25) is 4.79 Å². The van der Waals surface area contributed by atoms with Gasteiger partial charge in [-0.1, -0.05) is 0 Å². The van der Waals surface area contributed by atoms with Crippen LogP contribution in [0.5, 0.6) is 0 Å². The van der Waals surface area contributed by atoms with E-state index in [1.165, 1.54) is 27.1 Å². The molecule has 2 aliphatic rings. The van der Waals surface area contributed by atoms with Crippen LogP contribution in [-0.4, -0.2) is 60.8 Å². The molecule has 0 aromatic carbocycles. The summed E-state index contributed by atoms with van der Waals surface area (Å²) < 4.78 is 5.50. The molecule has 3 heterocycles. The van der Waals surface area contributed by atoms with Crippen LogP contribution in [0, 0.1) is 0 Å². The average Bonchev–Trinajstić information content (AvgIpc) is 3.26. The number of hydrogen-bond acceptors (Lipinski definition) is 6. The van der Waals surface area contributed by atoms with Crippen molar-refractivity contribution in [3.63, 3.8) is 0 Å². The molecule has 1 aliphatic heterocycles. The van der Waals surface area contributed by atoms with Crippen molar-refractivity contribution in [2.24, 2.45) is 0 Å². The fourth-order valence-corrected chi connectivity index (χ4v) is 5.63. The third kappa shape index (κ3) is 4.76. The molecule has 0 saturated carbocycles. The number of carbonyl (C=O) groups is 1. The van der Waals surface area contributed by atoms with E-state index in [0.717, 1.165) is 68.7 Å². The monoisotopic (exact) mass is 432 g/mol. The van der Waals surface area contributed by atoms with Gasteiger partial charge in [0.05, 0.1) is 25.1 Å². The molecule has 7 nitrogen and oxygen atoms in total. The molecule has 30 heavy (non-hydrogen) atoms. The van der Waals surface area contributed by atoms with Crippen LogP contribution >= 0.6 is 11.3 Å². The van der Waals surface area contributed by atoms with Gasteiger partial charge in [0.15, 0.2) is 5.82 Å². The number of aromatic nitrogens is 2. The second-order valence-corrected chi connectivity index (χ2v) is 10.4. The van der Waals surface area contributed by atoms with E-state index in [4.69, 9.17) is 14.7 Å². The van der Waals surface area contributed by atoms with E-state index in [2.05, 4.69) is 17.1 Å². The lowest BCUT2D eigenvalue weighted by atomic mass is 10.1. The van der Waals surface area contributed by atoms with Gasteiger partial charge < -0.3 is 19.9 Å². The molecular weight excluding hydrogens is 398 g/mol. The molecule has 164 valence electrons. The van der Waals surface area contributed by atoms with E-state index >= 15 is 0 Å². The van der Waals surface area contributed by atoms with E-state index < -0.39 is 0 Å². The van der Waals surface area contributed by atoms with Crippen molar-refractivity contribution in [2.75, 3.05) is 44.3 Å². The number of nitrogens with one attached hydrogen (secondary N) is 2. The zero-order valence-electron chi connectivity index (χ0n) is 18.6. The molecule has 1 saturated heterocycles. The highest BCUT2D eigenvalue weighted by molar-refractivity contribution is 7.19. The predicted octanol–water partition coefficient (Wildman–Crippen LogP) is 1.34. The summed E-state index contributed by atoms with van der Waals surface area (Å²) in [7, 11) is 0. The molecule has 0 bridgehead atoms. The first-order valence-corrected chi connectivity index (χ1v) is 11.9. The Morgan fingerprint density at radius 1 is 1.23 bits per heavy atom. The van der Waals surface area contributed by atoms with Crippen molar-refractivity contribution in [1.29, 1.82) is 0 Å². The summed E-state index contributed by atoms with van der Waals surface area (Å²) in [5.74, 6) is 1.85. The fraction of sp³-hybridized carbons (Fsp3) is 0.682. The van der Waals surface area contributed by atoms with Crippen LogP contribution in [0.25, 0.3) is 10.2 Å². The van der Waals surface area contributed by atoms with E-state index in [0.29, 0.717) is 6.54 Å². The van der Waals surface area contributed by atoms with Gasteiger partial charge in [0.1, 0.15) is 30.3 Å². The van der Waals surface area contributed by atoms with Crippen LogP contribution in [0.3, 0.4) is 0 Å². The molecule has 0 atom stereocenters. The van der Waals surface area contributed by atoms with Gasteiger partial charge in [0, 0.05) is 17.0 Å². The maximum absolute atomic E-state index is 12.7. The van der Waals surface area contributed by atoms with E-state index in [1.54, 1.807) is 0 Å². The average molecular weight is 433 g/mol. The number of anilines is 1. The smallest absolute Gasteiger partial charge is 0.239 e. The third-order valence-corrected chi connectivity index (χ3v) is 6.92. The Bertz CT molecular complexity index is 914. The fourth-order valence-electron chi connectivity index (χ4n) is 4.36. The Morgan fingerprint density at radius 3 is 2.70 bits per heavy atom. The lowest BCUT2D eigenvalue weighted by Crippen LogP contribution is -3.12. The third-order valence-electron chi connectivity index (χ3n) is 5.73. The van der Waals surface area contributed by atoms with Crippen molar-refractivity contribution in [3.05, 3.63) is 16.3 Å². The number of thiophene rings is 1. The number of fused-ring (bicyclic) bond motifs is 3. The molecule has 1 aliphatic carbocycles. The van der Waals surface area contributed by atoms with Gasteiger partial charge in [-0.2, -0.15) is 0 Å². The standard InChI is InChI=1S/C22H33N5O2S/c1-5-27(14-18(28)25-22(2,3)4)20-19-15-7-6-8-16(15)30-21(19)24-17(23-20)13-26-9-11-29-12-10-26/h5-14H2,1-4H3,(H,25,28)/p+1. The first-order valence-electron chi connectivity index (χ1n) is 11.1. The molecule has 8 heteroatoms. The minimum absolute atomic E-state index is 0.0309. The highest BCUT2D eigenvalue weighted by Crippen LogP contribution is 2.40. The van der Waals surface area contributed by atoms with Gasteiger partial charge in [0.25, 0.3) is 0 Å². The second-order valence-electron chi connectivity index (χ2n) is 9.35. The Labute approximate surface area is 182 Å². The molecule has 4 rings (SSSR count). The highest BCUT2D eigenvalue weighted by atomic mass is 32.1. The van der Waals surface area contributed by atoms with Crippen LogP contribution in [0.15, 0.2) is 0 Å². The number of hydrogen-bond donors (Lipinski definition) is 2. The van der Waals surface area contributed by atoms with Crippen molar-refractivity contribution in [2.45, 2.75) is 59.0 Å². The van der Waals surface area contributed by atoms with Gasteiger partial charge in [-0.25, -0.2) is 9.97 Å². The molecule has 0 radical (unpaired) electrons. The molecular formula is C22H34N5O2S+. The predicted molar refractivity (Wildman–Crippen MR) is 120 cm³/mol. The first kappa shape index (κ1) is 21.5. The molecule has 2 N–H and O–H groups in total. The Balaban J connectivity index is 1.68. The number of nitrogens with zero attached hydrogens (tertiary/aromatic N) is 3. The first-order chi connectivity index (χ1) is 14.3. The number of rotatable bonds is 6. The molecule has 2 aromatic heterocycles. The topological polar surface area (TPSA) is 71.8 Å². The number of quaternary nitrogens is 1. The number of morpholine rings is 1. The van der Waals surface area contributed by atoms with Crippen LogP contribution in [0.4, 0.5) is 5.82 Å². The van der Waals surface area contributed by atoms with Crippen molar-refractivity contribution < 1.29 is 14.4 Å². The van der Waals surface area contributed by atoms with E-state index in [-0.39, 0.29) is 11.4 Å².